The van der Waals surface area contributed by atoms with E-state index in [1.54, 1.807) is 84.9 Å². The largest absolute Gasteiger partial charge is 0.457 e. The minimum Gasteiger partial charge on any atom is -0.445 e. The molecule has 178 valence electrons. The SMILES string of the molecule is O=C(NC(c1ccccc1Cl)P(=O)(Oc1ccccc1)Oc1ccccc1)OCc1ccccc1. The van der Waals surface area contributed by atoms with Crippen LogP contribution in [0, 0.1) is 0 Å². The number of para-hydroxylation sites is 2. The van der Waals surface area contributed by atoms with Gasteiger partial charge in [-0.05, 0) is 35.9 Å². The number of nitrogens with one attached hydrogen (secondary N) is 1. The van der Waals surface area contributed by atoms with Gasteiger partial charge in [-0.25, -0.2) is 9.36 Å². The van der Waals surface area contributed by atoms with E-state index in [0.29, 0.717) is 17.1 Å². The molecule has 4 rings (SSSR count). The van der Waals surface area contributed by atoms with Crippen LogP contribution in [0.25, 0.3) is 0 Å². The van der Waals surface area contributed by atoms with Crippen LogP contribution >= 0.6 is 19.2 Å². The zero-order valence-electron chi connectivity index (χ0n) is 18.6. The van der Waals surface area contributed by atoms with Crippen LogP contribution in [-0.4, -0.2) is 6.09 Å². The zero-order valence-corrected chi connectivity index (χ0v) is 20.3. The molecule has 1 atom stereocenters. The maximum atomic E-state index is 14.4. The zero-order chi connectivity index (χ0) is 24.5. The minimum absolute atomic E-state index is 0.0330. The highest BCUT2D eigenvalue weighted by Gasteiger charge is 2.43. The Morgan fingerprint density at radius 1 is 0.743 bits per heavy atom. The van der Waals surface area contributed by atoms with Crippen LogP contribution in [0.4, 0.5) is 4.79 Å². The Morgan fingerprint density at radius 2 is 1.23 bits per heavy atom. The lowest BCUT2D eigenvalue weighted by molar-refractivity contribution is 0.137. The van der Waals surface area contributed by atoms with E-state index in [-0.39, 0.29) is 11.6 Å². The number of hydrogen-bond acceptors (Lipinski definition) is 5. The number of carbonyl (C=O) groups excluding carboxylic acids is 1. The average molecular weight is 508 g/mol. The Bertz CT molecular complexity index is 1240. The number of benzene rings is 4. The minimum atomic E-state index is -4.17. The number of alkyl carbamates (subject to hydrolysis) is 1. The van der Waals surface area contributed by atoms with E-state index in [4.69, 9.17) is 25.4 Å². The van der Waals surface area contributed by atoms with Crippen molar-refractivity contribution >= 4 is 25.3 Å². The van der Waals surface area contributed by atoms with Crippen LogP contribution in [-0.2, 0) is 15.9 Å². The van der Waals surface area contributed by atoms with Crippen molar-refractivity contribution in [2.75, 3.05) is 0 Å². The van der Waals surface area contributed by atoms with E-state index in [0.717, 1.165) is 5.56 Å². The van der Waals surface area contributed by atoms with E-state index in [1.807, 2.05) is 30.3 Å². The molecule has 0 spiro atoms. The molecule has 1 amide bonds. The van der Waals surface area contributed by atoms with E-state index in [1.165, 1.54) is 0 Å². The van der Waals surface area contributed by atoms with E-state index < -0.39 is 19.5 Å². The first-order valence-corrected chi connectivity index (χ1v) is 12.8. The van der Waals surface area contributed by atoms with Crippen molar-refractivity contribution in [1.29, 1.82) is 0 Å². The summed E-state index contributed by atoms with van der Waals surface area (Å²) >= 11 is 6.46. The van der Waals surface area contributed by atoms with E-state index >= 15 is 0 Å². The van der Waals surface area contributed by atoms with Gasteiger partial charge in [0.2, 0.25) is 0 Å². The first-order chi connectivity index (χ1) is 17.0. The molecule has 8 heteroatoms. The third-order valence-corrected chi connectivity index (χ3v) is 7.25. The van der Waals surface area contributed by atoms with Gasteiger partial charge in [0, 0.05) is 10.6 Å². The number of carbonyl (C=O) groups is 1. The third kappa shape index (κ3) is 6.66. The molecule has 0 radical (unpaired) electrons. The van der Waals surface area contributed by atoms with Gasteiger partial charge in [-0.15, -0.1) is 0 Å². The number of ether oxygens (including phenoxy) is 1. The van der Waals surface area contributed by atoms with Crippen molar-refractivity contribution in [2.45, 2.75) is 12.4 Å². The smallest absolute Gasteiger partial charge is 0.445 e. The quantitative estimate of drug-likeness (QED) is 0.236. The first kappa shape index (κ1) is 24.4. The molecular formula is C27H23ClNO5P. The van der Waals surface area contributed by atoms with Gasteiger partial charge in [-0.3, -0.25) is 0 Å². The molecule has 35 heavy (non-hydrogen) atoms. The number of amides is 1. The first-order valence-electron chi connectivity index (χ1n) is 10.8. The highest BCUT2D eigenvalue weighted by molar-refractivity contribution is 7.55. The normalized spacial score (nSPS) is 11.8. The number of halogens is 1. The molecule has 1 unspecified atom stereocenters. The van der Waals surface area contributed by atoms with Crippen molar-refractivity contribution in [3.63, 3.8) is 0 Å². The summed E-state index contributed by atoms with van der Waals surface area (Å²) in [4.78, 5) is 12.9. The Labute approximate surface area is 209 Å². The summed E-state index contributed by atoms with van der Waals surface area (Å²) in [6.07, 6.45) is -0.799. The van der Waals surface area contributed by atoms with E-state index in [9.17, 15) is 9.36 Å². The van der Waals surface area contributed by atoms with Crippen LogP contribution in [0.5, 0.6) is 11.5 Å². The second-order valence-corrected chi connectivity index (χ2v) is 9.85. The van der Waals surface area contributed by atoms with Gasteiger partial charge >= 0.3 is 13.7 Å². The van der Waals surface area contributed by atoms with Gasteiger partial charge in [0.05, 0.1) is 0 Å². The Balaban J connectivity index is 1.68. The molecule has 0 fully saturated rings. The lowest BCUT2D eigenvalue weighted by Crippen LogP contribution is -2.31. The Hall–Kier alpha value is -3.73. The number of hydrogen-bond donors (Lipinski definition) is 1. The molecule has 0 aliphatic heterocycles. The summed E-state index contributed by atoms with van der Waals surface area (Å²) in [6.45, 7) is 0.0330. The highest BCUT2D eigenvalue weighted by atomic mass is 35.5. The van der Waals surface area contributed by atoms with Crippen molar-refractivity contribution in [2.24, 2.45) is 0 Å². The summed E-state index contributed by atoms with van der Waals surface area (Å²) in [6, 6.07) is 33.2. The van der Waals surface area contributed by atoms with Crippen LogP contribution in [0.15, 0.2) is 115 Å². The van der Waals surface area contributed by atoms with Gasteiger partial charge in [0.25, 0.3) is 0 Å². The molecule has 4 aromatic carbocycles. The lowest BCUT2D eigenvalue weighted by Gasteiger charge is -2.28. The average Bonchev–Trinajstić information content (AvgIpc) is 2.88. The van der Waals surface area contributed by atoms with Gasteiger partial charge in [-0.1, -0.05) is 96.5 Å². The molecule has 0 aliphatic carbocycles. The molecule has 0 heterocycles. The molecule has 0 aliphatic rings. The van der Waals surface area contributed by atoms with Gasteiger partial charge in [0.1, 0.15) is 18.1 Å². The molecule has 0 bridgehead atoms. The molecule has 1 N–H and O–H groups in total. The van der Waals surface area contributed by atoms with Gasteiger partial charge in [-0.2, -0.15) is 0 Å². The third-order valence-electron chi connectivity index (χ3n) is 4.94. The molecule has 6 nitrogen and oxygen atoms in total. The maximum absolute atomic E-state index is 14.4. The monoisotopic (exact) mass is 507 g/mol. The van der Waals surface area contributed by atoms with Gasteiger partial charge in [0.15, 0.2) is 5.78 Å². The fourth-order valence-electron chi connectivity index (χ4n) is 3.28. The fourth-order valence-corrected chi connectivity index (χ4v) is 5.51. The molecule has 0 aromatic heterocycles. The standard InChI is InChI=1S/C27H23ClNO5P/c28-25-19-11-10-18-24(25)26(29-27(30)32-20-21-12-4-1-5-13-21)35(31,33-22-14-6-2-7-15-22)34-23-16-8-3-9-17-23/h1-19,26H,20H2,(H,29,30). The summed E-state index contributed by atoms with van der Waals surface area (Å²) in [7, 11) is -4.17. The second-order valence-electron chi connectivity index (χ2n) is 7.48. The fraction of sp³-hybridized carbons (Fsp3) is 0.0741. The Morgan fingerprint density at radius 3 is 1.77 bits per heavy atom. The van der Waals surface area contributed by atoms with Gasteiger partial charge < -0.3 is 19.1 Å². The van der Waals surface area contributed by atoms with Crippen LogP contribution in [0.2, 0.25) is 5.02 Å². The molecule has 4 aromatic rings. The van der Waals surface area contributed by atoms with Crippen LogP contribution in [0.3, 0.4) is 0 Å². The summed E-state index contributed by atoms with van der Waals surface area (Å²) in [5.41, 5.74) is 1.17. The summed E-state index contributed by atoms with van der Waals surface area (Å²) < 4.78 is 31.7. The summed E-state index contributed by atoms with van der Waals surface area (Å²) in [5, 5.41) is 2.95. The maximum Gasteiger partial charge on any atom is 0.457 e. The molecular weight excluding hydrogens is 485 g/mol. The molecule has 0 saturated heterocycles. The highest BCUT2D eigenvalue weighted by Crippen LogP contribution is 2.59. The van der Waals surface area contributed by atoms with E-state index in [2.05, 4.69) is 5.32 Å². The topological polar surface area (TPSA) is 73.9 Å². The number of rotatable bonds is 9. The lowest BCUT2D eigenvalue weighted by atomic mass is 10.2. The Kier molecular flexibility index (Phi) is 8.09. The second kappa shape index (κ2) is 11.6. The van der Waals surface area contributed by atoms with Crippen LogP contribution < -0.4 is 14.4 Å². The molecule has 0 saturated carbocycles. The van der Waals surface area contributed by atoms with Crippen LogP contribution in [0.1, 0.15) is 16.9 Å². The van der Waals surface area contributed by atoms with Crippen molar-refractivity contribution < 1.29 is 23.1 Å². The summed E-state index contributed by atoms with van der Waals surface area (Å²) in [5.74, 6) is -0.647. The predicted molar refractivity (Wildman–Crippen MR) is 136 cm³/mol. The van der Waals surface area contributed by atoms with Crippen molar-refractivity contribution in [1.82, 2.24) is 5.32 Å². The predicted octanol–water partition coefficient (Wildman–Crippen LogP) is 7.62. The van der Waals surface area contributed by atoms with Crippen molar-refractivity contribution in [3.8, 4) is 11.5 Å². The van der Waals surface area contributed by atoms with Crippen molar-refractivity contribution in [3.05, 3.63) is 131 Å².